The van der Waals surface area contributed by atoms with Crippen molar-refractivity contribution in [1.82, 2.24) is 10.2 Å². The van der Waals surface area contributed by atoms with Crippen LogP contribution < -0.4 is 0 Å². The number of esters is 1. The number of benzene rings is 1. The molecule has 1 aliphatic rings. The Bertz CT molecular complexity index is 668. The second kappa shape index (κ2) is 5.31. The first-order valence-electron chi connectivity index (χ1n) is 6.40. The summed E-state index contributed by atoms with van der Waals surface area (Å²) >= 11 is 0. The standard InChI is InChI=1S/C14H13N3O3/c15-6-12(10-4-5-19-8-10)20-14(18)11-3-1-2-9-7-16-17-13(9)11/h1-3,7,10,12H,4-5,8H2,(H,16,17)/t10-,12+/m1/s1. The topological polar surface area (TPSA) is 88.0 Å². The second-order valence-corrected chi connectivity index (χ2v) is 4.72. The van der Waals surface area contributed by atoms with E-state index in [1.165, 1.54) is 0 Å². The summed E-state index contributed by atoms with van der Waals surface area (Å²) in [5, 5.41) is 16.7. The summed E-state index contributed by atoms with van der Waals surface area (Å²) in [5.74, 6) is -0.566. The molecular weight excluding hydrogens is 258 g/mol. The molecule has 1 saturated heterocycles. The SMILES string of the molecule is N#C[C@H](OC(=O)c1cccc2cn[nH]c12)[C@@H]1CCOC1. The highest BCUT2D eigenvalue weighted by molar-refractivity contribution is 6.02. The van der Waals surface area contributed by atoms with E-state index in [2.05, 4.69) is 10.2 Å². The van der Waals surface area contributed by atoms with E-state index in [-0.39, 0.29) is 5.92 Å². The van der Waals surface area contributed by atoms with Crippen molar-refractivity contribution >= 4 is 16.9 Å². The van der Waals surface area contributed by atoms with E-state index < -0.39 is 12.1 Å². The number of carbonyl (C=O) groups is 1. The Labute approximate surface area is 115 Å². The van der Waals surface area contributed by atoms with Crippen molar-refractivity contribution in [1.29, 1.82) is 5.26 Å². The number of H-pyrrole nitrogens is 1. The van der Waals surface area contributed by atoms with Gasteiger partial charge in [-0.1, -0.05) is 12.1 Å². The van der Waals surface area contributed by atoms with Crippen molar-refractivity contribution in [2.24, 2.45) is 5.92 Å². The van der Waals surface area contributed by atoms with Crippen molar-refractivity contribution in [3.05, 3.63) is 30.0 Å². The maximum atomic E-state index is 12.2. The molecule has 3 rings (SSSR count). The average molecular weight is 271 g/mol. The number of nitriles is 1. The molecule has 2 heterocycles. The molecule has 1 fully saturated rings. The van der Waals surface area contributed by atoms with E-state index in [1.807, 2.05) is 12.1 Å². The fraction of sp³-hybridized carbons (Fsp3) is 0.357. The molecule has 0 bridgehead atoms. The summed E-state index contributed by atoms with van der Waals surface area (Å²) in [4.78, 5) is 12.2. The van der Waals surface area contributed by atoms with Crippen molar-refractivity contribution in [3.63, 3.8) is 0 Å². The van der Waals surface area contributed by atoms with Gasteiger partial charge in [-0.3, -0.25) is 5.10 Å². The van der Waals surface area contributed by atoms with Crippen LogP contribution in [0.3, 0.4) is 0 Å². The molecule has 102 valence electrons. The zero-order valence-electron chi connectivity index (χ0n) is 10.7. The number of hydrogen-bond acceptors (Lipinski definition) is 5. The monoisotopic (exact) mass is 271 g/mol. The van der Waals surface area contributed by atoms with Crippen LogP contribution in [0.1, 0.15) is 16.8 Å². The third-order valence-electron chi connectivity index (χ3n) is 3.45. The zero-order chi connectivity index (χ0) is 13.9. The normalized spacial score (nSPS) is 19.6. The van der Waals surface area contributed by atoms with Gasteiger partial charge >= 0.3 is 5.97 Å². The Morgan fingerprint density at radius 1 is 1.60 bits per heavy atom. The number of hydrogen-bond donors (Lipinski definition) is 1. The van der Waals surface area contributed by atoms with Crippen LogP contribution in [-0.2, 0) is 9.47 Å². The molecule has 0 amide bonds. The Kier molecular flexibility index (Phi) is 3.35. The van der Waals surface area contributed by atoms with Gasteiger partial charge in [0.1, 0.15) is 6.07 Å². The summed E-state index contributed by atoms with van der Waals surface area (Å²) < 4.78 is 10.5. The van der Waals surface area contributed by atoms with Crippen LogP contribution in [-0.4, -0.2) is 35.5 Å². The Morgan fingerprint density at radius 3 is 3.25 bits per heavy atom. The third-order valence-corrected chi connectivity index (χ3v) is 3.45. The Balaban J connectivity index is 1.82. The van der Waals surface area contributed by atoms with Crippen LogP contribution >= 0.6 is 0 Å². The lowest BCUT2D eigenvalue weighted by Gasteiger charge is -2.15. The fourth-order valence-electron chi connectivity index (χ4n) is 2.34. The van der Waals surface area contributed by atoms with Crippen LogP contribution in [0.4, 0.5) is 0 Å². The van der Waals surface area contributed by atoms with Gasteiger partial charge in [0.25, 0.3) is 0 Å². The highest BCUT2D eigenvalue weighted by Crippen LogP contribution is 2.22. The Hall–Kier alpha value is -2.39. The van der Waals surface area contributed by atoms with Crippen molar-refractivity contribution < 1.29 is 14.3 Å². The first-order valence-corrected chi connectivity index (χ1v) is 6.40. The number of nitrogens with one attached hydrogen (secondary N) is 1. The first-order chi connectivity index (χ1) is 9.79. The molecule has 1 N–H and O–H groups in total. The number of rotatable bonds is 3. The van der Waals surface area contributed by atoms with E-state index in [1.54, 1.807) is 18.3 Å². The first kappa shape index (κ1) is 12.6. The minimum absolute atomic E-state index is 0.0510. The molecule has 20 heavy (non-hydrogen) atoms. The van der Waals surface area contributed by atoms with Gasteiger partial charge in [-0.25, -0.2) is 4.79 Å². The number of ether oxygens (including phenoxy) is 2. The smallest absolute Gasteiger partial charge is 0.341 e. The van der Waals surface area contributed by atoms with Gasteiger partial charge < -0.3 is 9.47 Å². The van der Waals surface area contributed by atoms with Crippen molar-refractivity contribution in [2.75, 3.05) is 13.2 Å². The minimum Gasteiger partial charge on any atom is -0.443 e. The number of aromatic nitrogens is 2. The van der Waals surface area contributed by atoms with Crippen LogP contribution in [0.15, 0.2) is 24.4 Å². The molecule has 2 aromatic rings. The van der Waals surface area contributed by atoms with Gasteiger partial charge in [0, 0.05) is 17.9 Å². The van der Waals surface area contributed by atoms with Gasteiger partial charge in [-0.2, -0.15) is 10.4 Å². The summed E-state index contributed by atoms with van der Waals surface area (Å²) in [6.07, 6.45) is 1.60. The van der Waals surface area contributed by atoms with Crippen LogP contribution in [0.25, 0.3) is 10.9 Å². The number of para-hydroxylation sites is 1. The molecule has 0 saturated carbocycles. The highest BCUT2D eigenvalue weighted by atomic mass is 16.5. The van der Waals surface area contributed by atoms with E-state index in [0.29, 0.717) is 24.3 Å². The maximum Gasteiger partial charge on any atom is 0.341 e. The molecule has 6 nitrogen and oxygen atoms in total. The molecule has 6 heteroatoms. The molecule has 0 aliphatic carbocycles. The number of nitrogens with zero attached hydrogens (tertiary/aromatic N) is 2. The number of aromatic amines is 1. The Morgan fingerprint density at radius 2 is 2.50 bits per heavy atom. The fourth-order valence-corrected chi connectivity index (χ4v) is 2.34. The van der Waals surface area contributed by atoms with Crippen LogP contribution in [0, 0.1) is 17.2 Å². The highest BCUT2D eigenvalue weighted by Gasteiger charge is 2.29. The molecule has 0 unspecified atom stereocenters. The van der Waals surface area contributed by atoms with E-state index in [4.69, 9.17) is 14.7 Å². The molecule has 1 aromatic heterocycles. The molecule has 0 spiro atoms. The predicted octanol–water partition coefficient (Wildman–Crippen LogP) is 1.65. The number of carbonyl (C=O) groups excluding carboxylic acids is 1. The third kappa shape index (κ3) is 2.24. The summed E-state index contributed by atoms with van der Waals surface area (Å²) in [6.45, 7) is 1.07. The van der Waals surface area contributed by atoms with Gasteiger partial charge in [-0.05, 0) is 12.5 Å². The molecular formula is C14H13N3O3. The predicted molar refractivity (Wildman–Crippen MR) is 69.8 cm³/mol. The van der Waals surface area contributed by atoms with E-state index in [9.17, 15) is 4.79 Å². The van der Waals surface area contributed by atoms with Crippen molar-refractivity contribution in [2.45, 2.75) is 12.5 Å². The van der Waals surface area contributed by atoms with Gasteiger partial charge in [0.15, 0.2) is 6.10 Å². The molecule has 1 aromatic carbocycles. The lowest BCUT2D eigenvalue weighted by molar-refractivity contribution is 0.0279. The largest absolute Gasteiger partial charge is 0.443 e. The van der Waals surface area contributed by atoms with Crippen LogP contribution in [0.5, 0.6) is 0 Å². The van der Waals surface area contributed by atoms with Crippen LogP contribution in [0.2, 0.25) is 0 Å². The molecule has 2 atom stereocenters. The summed E-state index contributed by atoms with van der Waals surface area (Å²) in [6, 6.07) is 7.30. The second-order valence-electron chi connectivity index (χ2n) is 4.72. The van der Waals surface area contributed by atoms with E-state index >= 15 is 0 Å². The molecule has 1 aliphatic heterocycles. The minimum atomic E-state index is -0.775. The molecule has 0 radical (unpaired) electrons. The summed E-state index contributed by atoms with van der Waals surface area (Å²) in [5.41, 5.74) is 1.01. The lowest BCUT2D eigenvalue weighted by Crippen LogP contribution is -2.26. The van der Waals surface area contributed by atoms with Crippen molar-refractivity contribution in [3.8, 4) is 6.07 Å². The van der Waals surface area contributed by atoms with Gasteiger partial charge in [0.05, 0.1) is 23.9 Å². The lowest BCUT2D eigenvalue weighted by atomic mass is 10.0. The quantitative estimate of drug-likeness (QED) is 0.857. The van der Waals surface area contributed by atoms with Gasteiger partial charge in [-0.15, -0.1) is 0 Å². The maximum absolute atomic E-state index is 12.2. The average Bonchev–Trinajstić information content (AvgIpc) is 3.14. The zero-order valence-corrected chi connectivity index (χ0v) is 10.7. The van der Waals surface area contributed by atoms with E-state index in [0.717, 1.165) is 11.8 Å². The van der Waals surface area contributed by atoms with Gasteiger partial charge in [0.2, 0.25) is 0 Å². The summed E-state index contributed by atoms with van der Waals surface area (Å²) in [7, 11) is 0. The number of fused-ring (bicyclic) bond motifs is 1.